The summed E-state index contributed by atoms with van der Waals surface area (Å²) in [5, 5.41) is 0. The van der Waals surface area contributed by atoms with Gasteiger partial charge in [-0.25, -0.2) is 4.79 Å². The Balaban J connectivity index is 1.45. The van der Waals surface area contributed by atoms with E-state index in [9.17, 15) is 14.4 Å². The summed E-state index contributed by atoms with van der Waals surface area (Å²) >= 11 is 1.45. The number of methoxy groups -OCH3 is 1. The summed E-state index contributed by atoms with van der Waals surface area (Å²) in [6.07, 6.45) is 6.69. The fourth-order valence-electron chi connectivity index (χ4n) is 3.12. The number of aryl methyl sites for hydroxylation is 2. The molecule has 8 heteroatoms. The Hall–Kier alpha value is -2.87. The number of benzene rings is 1. The standard InChI is InChI=1S/C21H24N2O5S/c1-27-16-10-8-14(9-11-16)20(25)23-22-19(24)13-28-21(26)18-12-15-6-4-2-3-5-7-17(15)29-18/h8-12H,2-7,13H2,1H3,(H,22,24)(H,23,25). The SMILES string of the molecule is COc1ccc(C(=O)NNC(=O)COC(=O)c2cc3c(s2)CCCCCC3)cc1. The Morgan fingerprint density at radius 2 is 1.72 bits per heavy atom. The minimum absolute atomic E-state index is 0.360. The molecular weight excluding hydrogens is 392 g/mol. The molecule has 29 heavy (non-hydrogen) atoms. The van der Waals surface area contributed by atoms with E-state index in [0.717, 1.165) is 25.7 Å². The van der Waals surface area contributed by atoms with E-state index >= 15 is 0 Å². The lowest BCUT2D eigenvalue weighted by Gasteiger charge is -2.08. The molecule has 0 spiro atoms. The summed E-state index contributed by atoms with van der Waals surface area (Å²) in [5.41, 5.74) is 6.10. The third-order valence-electron chi connectivity index (χ3n) is 4.70. The second-order valence-corrected chi connectivity index (χ2v) is 7.92. The number of hydrogen-bond donors (Lipinski definition) is 2. The van der Waals surface area contributed by atoms with Gasteiger partial charge in [-0.3, -0.25) is 20.4 Å². The highest BCUT2D eigenvalue weighted by atomic mass is 32.1. The normalized spacial score (nSPS) is 13.4. The zero-order valence-electron chi connectivity index (χ0n) is 16.3. The minimum Gasteiger partial charge on any atom is -0.497 e. The number of rotatable bonds is 5. The fourth-order valence-corrected chi connectivity index (χ4v) is 4.27. The van der Waals surface area contributed by atoms with Crippen LogP contribution in [0.5, 0.6) is 5.75 Å². The summed E-state index contributed by atoms with van der Waals surface area (Å²) < 4.78 is 10.1. The molecule has 1 heterocycles. The topological polar surface area (TPSA) is 93.7 Å². The first kappa shape index (κ1) is 20.9. The number of carbonyl (C=O) groups is 3. The summed E-state index contributed by atoms with van der Waals surface area (Å²) in [6, 6.07) is 8.32. The van der Waals surface area contributed by atoms with E-state index in [1.54, 1.807) is 24.3 Å². The summed E-state index contributed by atoms with van der Waals surface area (Å²) in [4.78, 5) is 37.9. The van der Waals surface area contributed by atoms with Gasteiger partial charge in [-0.05, 0) is 61.6 Å². The van der Waals surface area contributed by atoms with E-state index in [4.69, 9.17) is 9.47 Å². The predicted molar refractivity (Wildman–Crippen MR) is 109 cm³/mol. The van der Waals surface area contributed by atoms with Gasteiger partial charge in [0, 0.05) is 10.4 Å². The van der Waals surface area contributed by atoms with Crippen molar-refractivity contribution in [3.05, 3.63) is 51.2 Å². The molecule has 0 unspecified atom stereocenters. The number of hydrogen-bond acceptors (Lipinski definition) is 6. The Morgan fingerprint density at radius 1 is 1.00 bits per heavy atom. The number of fused-ring (bicyclic) bond motifs is 1. The van der Waals surface area contributed by atoms with Crippen LogP contribution >= 0.6 is 11.3 Å². The van der Waals surface area contributed by atoms with Gasteiger partial charge in [0.05, 0.1) is 7.11 Å². The number of thiophene rings is 1. The Kier molecular flexibility index (Phi) is 7.24. The van der Waals surface area contributed by atoms with E-state index in [0.29, 0.717) is 16.2 Å². The van der Waals surface area contributed by atoms with E-state index in [1.165, 1.54) is 41.7 Å². The van der Waals surface area contributed by atoms with Crippen molar-refractivity contribution in [1.29, 1.82) is 0 Å². The minimum atomic E-state index is -0.616. The van der Waals surface area contributed by atoms with Crippen LogP contribution in [0.3, 0.4) is 0 Å². The monoisotopic (exact) mass is 416 g/mol. The van der Waals surface area contributed by atoms with Crippen molar-refractivity contribution in [3.63, 3.8) is 0 Å². The number of amides is 2. The van der Waals surface area contributed by atoms with E-state index in [-0.39, 0.29) is 0 Å². The Labute approximate surface area is 173 Å². The third-order valence-corrected chi connectivity index (χ3v) is 5.92. The molecule has 0 atom stereocenters. The molecule has 1 aromatic heterocycles. The zero-order chi connectivity index (χ0) is 20.6. The van der Waals surface area contributed by atoms with Crippen molar-refractivity contribution in [1.82, 2.24) is 10.9 Å². The van der Waals surface area contributed by atoms with Gasteiger partial charge in [0.25, 0.3) is 11.8 Å². The lowest BCUT2D eigenvalue weighted by Crippen LogP contribution is -2.43. The highest BCUT2D eigenvalue weighted by Gasteiger charge is 2.18. The molecule has 2 aromatic rings. The highest BCUT2D eigenvalue weighted by molar-refractivity contribution is 7.14. The Morgan fingerprint density at radius 3 is 2.45 bits per heavy atom. The molecule has 7 nitrogen and oxygen atoms in total. The van der Waals surface area contributed by atoms with Crippen LogP contribution in [0.2, 0.25) is 0 Å². The molecule has 0 aliphatic heterocycles. The first-order valence-corrected chi connectivity index (χ1v) is 10.4. The second-order valence-electron chi connectivity index (χ2n) is 6.78. The second kappa shape index (κ2) is 10.1. The van der Waals surface area contributed by atoms with Crippen molar-refractivity contribution in [2.24, 2.45) is 0 Å². The molecule has 1 aliphatic carbocycles. The van der Waals surface area contributed by atoms with Crippen LogP contribution < -0.4 is 15.6 Å². The van der Waals surface area contributed by atoms with Gasteiger partial charge < -0.3 is 9.47 Å². The lowest BCUT2D eigenvalue weighted by molar-refractivity contribution is -0.125. The van der Waals surface area contributed by atoms with Crippen LogP contribution in [0.4, 0.5) is 0 Å². The quantitative estimate of drug-likeness (QED) is 0.577. The number of nitrogens with one attached hydrogen (secondary N) is 2. The van der Waals surface area contributed by atoms with Gasteiger partial charge in [0.15, 0.2) is 6.61 Å². The third kappa shape index (κ3) is 5.80. The average Bonchev–Trinajstić information content (AvgIpc) is 3.12. The van der Waals surface area contributed by atoms with Crippen molar-refractivity contribution < 1.29 is 23.9 Å². The van der Waals surface area contributed by atoms with Crippen molar-refractivity contribution >= 4 is 29.1 Å². The molecule has 3 rings (SSSR count). The fraction of sp³-hybridized carbons (Fsp3) is 0.381. The van der Waals surface area contributed by atoms with Gasteiger partial charge in [-0.1, -0.05) is 12.8 Å². The number of hydrazine groups is 1. The molecule has 2 N–H and O–H groups in total. The van der Waals surface area contributed by atoms with Crippen molar-refractivity contribution in [3.8, 4) is 5.75 Å². The van der Waals surface area contributed by atoms with Crippen LogP contribution in [0.1, 0.15) is 56.2 Å². The van der Waals surface area contributed by atoms with Crippen LogP contribution in [0, 0.1) is 0 Å². The first-order valence-electron chi connectivity index (χ1n) is 9.59. The summed E-state index contributed by atoms with van der Waals surface area (Å²) in [6.45, 7) is -0.468. The summed E-state index contributed by atoms with van der Waals surface area (Å²) in [5.74, 6) is -0.988. The molecule has 0 saturated carbocycles. The number of carbonyl (C=O) groups excluding carboxylic acids is 3. The van der Waals surface area contributed by atoms with Crippen molar-refractivity contribution in [2.75, 3.05) is 13.7 Å². The maximum absolute atomic E-state index is 12.3. The molecule has 154 valence electrons. The van der Waals surface area contributed by atoms with Crippen molar-refractivity contribution in [2.45, 2.75) is 38.5 Å². The van der Waals surface area contributed by atoms with Crippen LogP contribution in [0.25, 0.3) is 0 Å². The van der Waals surface area contributed by atoms with Gasteiger partial charge in [0.2, 0.25) is 0 Å². The molecule has 1 aromatic carbocycles. The zero-order valence-corrected chi connectivity index (χ0v) is 17.1. The highest BCUT2D eigenvalue weighted by Crippen LogP contribution is 2.28. The Bertz CT molecular complexity index is 850. The first-order chi connectivity index (χ1) is 14.1. The molecular formula is C21H24N2O5S. The average molecular weight is 416 g/mol. The smallest absolute Gasteiger partial charge is 0.348 e. The number of esters is 1. The maximum atomic E-state index is 12.3. The number of ether oxygens (including phenoxy) is 2. The molecule has 0 bridgehead atoms. The molecule has 0 fully saturated rings. The summed E-state index contributed by atoms with van der Waals surface area (Å²) in [7, 11) is 1.53. The molecule has 2 amide bonds. The van der Waals surface area contributed by atoms with E-state index in [2.05, 4.69) is 10.9 Å². The molecule has 0 radical (unpaired) electrons. The van der Waals surface area contributed by atoms with Gasteiger partial charge in [0.1, 0.15) is 10.6 Å². The van der Waals surface area contributed by atoms with Gasteiger partial charge >= 0.3 is 5.97 Å². The van der Waals surface area contributed by atoms with Crippen LogP contribution in [-0.2, 0) is 22.4 Å². The van der Waals surface area contributed by atoms with Crippen LogP contribution in [0.15, 0.2) is 30.3 Å². The van der Waals surface area contributed by atoms with E-state index in [1.807, 2.05) is 6.07 Å². The van der Waals surface area contributed by atoms with Gasteiger partial charge in [-0.2, -0.15) is 0 Å². The maximum Gasteiger partial charge on any atom is 0.348 e. The molecule has 1 aliphatic rings. The van der Waals surface area contributed by atoms with Crippen LogP contribution in [-0.4, -0.2) is 31.5 Å². The predicted octanol–water partition coefficient (Wildman–Crippen LogP) is 3.03. The van der Waals surface area contributed by atoms with E-state index < -0.39 is 24.4 Å². The lowest BCUT2D eigenvalue weighted by atomic mass is 10.00. The largest absolute Gasteiger partial charge is 0.497 e. The molecule has 0 saturated heterocycles. The van der Waals surface area contributed by atoms with Gasteiger partial charge in [-0.15, -0.1) is 11.3 Å².